The molecule has 0 atom stereocenters. The SMILES string of the molecule is CCOc1cc(C)c(NC(=O)CC)cc1Cl. The number of anilines is 1. The summed E-state index contributed by atoms with van der Waals surface area (Å²) in [5.41, 5.74) is 1.68. The Bertz CT molecular complexity index is 391. The van der Waals surface area contributed by atoms with Gasteiger partial charge in [-0.1, -0.05) is 18.5 Å². The van der Waals surface area contributed by atoms with Gasteiger partial charge in [0.1, 0.15) is 5.75 Å². The van der Waals surface area contributed by atoms with E-state index in [0.717, 1.165) is 11.3 Å². The lowest BCUT2D eigenvalue weighted by molar-refractivity contribution is -0.115. The Morgan fingerprint density at radius 2 is 2.12 bits per heavy atom. The fraction of sp³-hybridized carbons (Fsp3) is 0.417. The molecule has 1 N–H and O–H groups in total. The van der Waals surface area contributed by atoms with E-state index in [-0.39, 0.29) is 5.91 Å². The third-order valence-corrected chi connectivity index (χ3v) is 2.47. The van der Waals surface area contributed by atoms with Crippen LogP contribution in [0.3, 0.4) is 0 Å². The van der Waals surface area contributed by atoms with Crippen molar-refractivity contribution in [2.24, 2.45) is 0 Å². The molecule has 0 bridgehead atoms. The molecular formula is C12H16ClNO2. The van der Waals surface area contributed by atoms with E-state index in [4.69, 9.17) is 16.3 Å². The molecule has 88 valence electrons. The van der Waals surface area contributed by atoms with Gasteiger partial charge in [0, 0.05) is 12.1 Å². The molecule has 4 heteroatoms. The highest BCUT2D eigenvalue weighted by molar-refractivity contribution is 6.32. The number of nitrogens with one attached hydrogen (secondary N) is 1. The maximum absolute atomic E-state index is 11.3. The Hall–Kier alpha value is -1.22. The quantitative estimate of drug-likeness (QED) is 0.878. The van der Waals surface area contributed by atoms with E-state index >= 15 is 0 Å². The Labute approximate surface area is 101 Å². The van der Waals surface area contributed by atoms with Gasteiger partial charge in [-0.05, 0) is 31.5 Å². The van der Waals surface area contributed by atoms with E-state index in [1.807, 2.05) is 19.9 Å². The van der Waals surface area contributed by atoms with Gasteiger partial charge < -0.3 is 10.1 Å². The molecular weight excluding hydrogens is 226 g/mol. The Balaban J connectivity index is 2.96. The lowest BCUT2D eigenvalue weighted by Gasteiger charge is -2.11. The van der Waals surface area contributed by atoms with Crippen molar-refractivity contribution >= 4 is 23.2 Å². The van der Waals surface area contributed by atoms with E-state index in [2.05, 4.69) is 5.32 Å². The van der Waals surface area contributed by atoms with E-state index in [0.29, 0.717) is 23.8 Å². The highest BCUT2D eigenvalue weighted by atomic mass is 35.5. The van der Waals surface area contributed by atoms with Crippen molar-refractivity contribution in [3.8, 4) is 5.75 Å². The van der Waals surface area contributed by atoms with E-state index in [9.17, 15) is 4.79 Å². The molecule has 0 fully saturated rings. The number of hydrogen-bond donors (Lipinski definition) is 1. The summed E-state index contributed by atoms with van der Waals surface area (Å²) in [5, 5.41) is 3.30. The smallest absolute Gasteiger partial charge is 0.224 e. The first-order valence-corrected chi connectivity index (χ1v) is 5.69. The molecule has 0 aromatic heterocycles. The van der Waals surface area contributed by atoms with Gasteiger partial charge in [0.2, 0.25) is 5.91 Å². The molecule has 1 aromatic carbocycles. The maximum Gasteiger partial charge on any atom is 0.224 e. The van der Waals surface area contributed by atoms with Gasteiger partial charge in [-0.2, -0.15) is 0 Å². The number of halogens is 1. The number of carbonyl (C=O) groups is 1. The van der Waals surface area contributed by atoms with Gasteiger partial charge in [-0.3, -0.25) is 4.79 Å². The monoisotopic (exact) mass is 241 g/mol. The molecule has 0 aliphatic rings. The fourth-order valence-corrected chi connectivity index (χ4v) is 1.51. The lowest BCUT2D eigenvalue weighted by Crippen LogP contribution is -2.10. The van der Waals surface area contributed by atoms with Crippen LogP contribution in [0, 0.1) is 6.92 Å². The summed E-state index contributed by atoms with van der Waals surface area (Å²) in [6, 6.07) is 3.55. The van der Waals surface area contributed by atoms with Gasteiger partial charge in [0.25, 0.3) is 0 Å². The van der Waals surface area contributed by atoms with Crippen molar-refractivity contribution in [3.63, 3.8) is 0 Å². The number of aryl methyl sites for hydroxylation is 1. The summed E-state index contributed by atoms with van der Waals surface area (Å²) >= 11 is 6.03. The normalized spacial score (nSPS) is 10.0. The molecule has 16 heavy (non-hydrogen) atoms. The largest absolute Gasteiger partial charge is 0.492 e. The van der Waals surface area contributed by atoms with E-state index in [1.165, 1.54) is 0 Å². The van der Waals surface area contributed by atoms with Gasteiger partial charge in [-0.25, -0.2) is 0 Å². The minimum absolute atomic E-state index is 0.0247. The highest BCUT2D eigenvalue weighted by Crippen LogP contribution is 2.30. The maximum atomic E-state index is 11.3. The number of rotatable bonds is 4. The summed E-state index contributed by atoms with van der Waals surface area (Å²) < 4.78 is 5.36. The highest BCUT2D eigenvalue weighted by Gasteiger charge is 2.08. The second-order valence-electron chi connectivity index (χ2n) is 3.43. The molecule has 0 unspecified atom stereocenters. The average molecular weight is 242 g/mol. The van der Waals surface area contributed by atoms with Crippen molar-refractivity contribution in [1.82, 2.24) is 0 Å². The van der Waals surface area contributed by atoms with Crippen molar-refractivity contribution in [2.45, 2.75) is 27.2 Å². The zero-order valence-electron chi connectivity index (χ0n) is 9.76. The van der Waals surface area contributed by atoms with Crippen molar-refractivity contribution < 1.29 is 9.53 Å². The second kappa shape index (κ2) is 5.75. The third-order valence-electron chi connectivity index (χ3n) is 2.17. The molecule has 0 aliphatic heterocycles. The first kappa shape index (κ1) is 12.8. The van der Waals surface area contributed by atoms with E-state index in [1.54, 1.807) is 13.0 Å². The Morgan fingerprint density at radius 3 is 2.69 bits per heavy atom. The van der Waals surface area contributed by atoms with Crippen LogP contribution >= 0.6 is 11.6 Å². The predicted molar refractivity (Wildman–Crippen MR) is 66.3 cm³/mol. The third kappa shape index (κ3) is 3.14. The summed E-state index contributed by atoms with van der Waals surface area (Å²) in [5.74, 6) is 0.625. The molecule has 3 nitrogen and oxygen atoms in total. The van der Waals surface area contributed by atoms with Crippen LogP contribution in [0.4, 0.5) is 5.69 Å². The van der Waals surface area contributed by atoms with Crippen LogP contribution in [-0.4, -0.2) is 12.5 Å². The molecule has 0 radical (unpaired) electrons. The van der Waals surface area contributed by atoms with Crippen LogP contribution in [0.5, 0.6) is 5.75 Å². The minimum atomic E-state index is -0.0247. The van der Waals surface area contributed by atoms with Crippen LogP contribution < -0.4 is 10.1 Å². The fourth-order valence-electron chi connectivity index (χ4n) is 1.29. The van der Waals surface area contributed by atoms with Gasteiger partial charge >= 0.3 is 0 Å². The van der Waals surface area contributed by atoms with Crippen LogP contribution in [0.2, 0.25) is 5.02 Å². The molecule has 0 saturated carbocycles. The second-order valence-corrected chi connectivity index (χ2v) is 3.84. The topological polar surface area (TPSA) is 38.3 Å². The molecule has 0 heterocycles. The Morgan fingerprint density at radius 1 is 1.44 bits per heavy atom. The van der Waals surface area contributed by atoms with Gasteiger partial charge in [0.15, 0.2) is 0 Å². The summed E-state index contributed by atoms with van der Waals surface area (Å²) in [6.07, 6.45) is 0.449. The zero-order valence-corrected chi connectivity index (χ0v) is 10.5. The number of hydrogen-bond acceptors (Lipinski definition) is 2. The molecule has 0 aliphatic carbocycles. The average Bonchev–Trinajstić information content (AvgIpc) is 2.25. The predicted octanol–water partition coefficient (Wildman–Crippen LogP) is 3.40. The summed E-state index contributed by atoms with van der Waals surface area (Å²) in [6.45, 7) is 6.18. The van der Waals surface area contributed by atoms with Gasteiger partial charge in [0.05, 0.1) is 11.6 Å². The van der Waals surface area contributed by atoms with Crippen molar-refractivity contribution in [3.05, 3.63) is 22.7 Å². The van der Waals surface area contributed by atoms with Crippen LogP contribution in [0.1, 0.15) is 25.8 Å². The number of benzene rings is 1. The Kier molecular flexibility index (Phi) is 4.62. The summed E-state index contributed by atoms with van der Waals surface area (Å²) in [4.78, 5) is 11.3. The first-order valence-electron chi connectivity index (χ1n) is 5.31. The number of carbonyl (C=O) groups excluding carboxylic acids is 1. The number of amides is 1. The molecule has 0 spiro atoms. The minimum Gasteiger partial charge on any atom is -0.492 e. The lowest BCUT2D eigenvalue weighted by atomic mass is 10.2. The van der Waals surface area contributed by atoms with E-state index < -0.39 is 0 Å². The van der Waals surface area contributed by atoms with Crippen LogP contribution in [0.15, 0.2) is 12.1 Å². The first-order chi connectivity index (χ1) is 7.58. The molecule has 0 saturated heterocycles. The standard InChI is InChI=1S/C12H16ClNO2/c1-4-12(15)14-10-7-9(13)11(16-5-2)6-8(10)3/h6-7H,4-5H2,1-3H3,(H,14,15). The van der Waals surface area contributed by atoms with Crippen molar-refractivity contribution in [2.75, 3.05) is 11.9 Å². The van der Waals surface area contributed by atoms with Crippen LogP contribution in [-0.2, 0) is 4.79 Å². The molecule has 1 aromatic rings. The molecule has 1 rings (SSSR count). The van der Waals surface area contributed by atoms with Gasteiger partial charge in [-0.15, -0.1) is 0 Å². The van der Waals surface area contributed by atoms with Crippen molar-refractivity contribution in [1.29, 1.82) is 0 Å². The summed E-state index contributed by atoms with van der Waals surface area (Å²) in [7, 11) is 0. The molecule has 1 amide bonds. The number of ether oxygens (including phenoxy) is 1. The zero-order chi connectivity index (χ0) is 12.1. The van der Waals surface area contributed by atoms with Crippen LogP contribution in [0.25, 0.3) is 0 Å².